The Balaban J connectivity index is 1.75. The zero-order chi connectivity index (χ0) is 14.4. The maximum atomic E-state index is 6.12. The number of benzene rings is 1. The van der Waals surface area contributed by atoms with Gasteiger partial charge in [-0.2, -0.15) is 0 Å². The van der Waals surface area contributed by atoms with Crippen molar-refractivity contribution < 1.29 is 4.74 Å². The van der Waals surface area contributed by atoms with Crippen LogP contribution in [0.15, 0.2) is 24.3 Å². The van der Waals surface area contributed by atoms with Crippen LogP contribution in [0.3, 0.4) is 0 Å². The molecule has 1 aromatic carbocycles. The molecule has 112 valence electrons. The monoisotopic (exact) mass is 276 g/mol. The van der Waals surface area contributed by atoms with Gasteiger partial charge in [0.15, 0.2) is 0 Å². The lowest BCUT2D eigenvalue weighted by molar-refractivity contribution is 0.0501. The third-order valence-electron chi connectivity index (χ3n) is 3.95. The Kier molecular flexibility index (Phi) is 5.86. The maximum Gasteiger partial charge on any atom is 0.0755 e. The van der Waals surface area contributed by atoms with Gasteiger partial charge >= 0.3 is 0 Å². The number of anilines is 1. The standard InChI is InChI=1S/C17H28N2O/c1-4-11-18-12-16-9-10-17(20-16)13-19(3)15-7-5-14(2)6-8-15/h5-8,16-18H,4,9-13H2,1-3H3. The number of likely N-dealkylation sites (N-methyl/N-ethyl adjacent to an activating group) is 1. The highest BCUT2D eigenvalue weighted by Gasteiger charge is 2.25. The molecular weight excluding hydrogens is 248 g/mol. The summed E-state index contributed by atoms with van der Waals surface area (Å²) >= 11 is 0. The summed E-state index contributed by atoms with van der Waals surface area (Å²) in [6, 6.07) is 8.70. The summed E-state index contributed by atoms with van der Waals surface area (Å²) in [6.45, 7) is 7.39. The number of rotatable bonds is 7. The van der Waals surface area contributed by atoms with E-state index < -0.39 is 0 Å². The van der Waals surface area contributed by atoms with Crippen molar-refractivity contribution in [3.05, 3.63) is 29.8 Å². The molecule has 20 heavy (non-hydrogen) atoms. The van der Waals surface area contributed by atoms with E-state index in [0.29, 0.717) is 12.2 Å². The summed E-state index contributed by atoms with van der Waals surface area (Å²) in [5, 5.41) is 3.45. The van der Waals surface area contributed by atoms with Gasteiger partial charge in [0.1, 0.15) is 0 Å². The molecule has 1 saturated heterocycles. The van der Waals surface area contributed by atoms with Crippen molar-refractivity contribution in [1.29, 1.82) is 0 Å². The van der Waals surface area contributed by atoms with Gasteiger partial charge in [-0.15, -0.1) is 0 Å². The van der Waals surface area contributed by atoms with Crippen LogP contribution in [0, 0.1) is 6.92 Å². The third-order valence-corrected chi connectivity index (χ3v) is 3.95. The largest absolute Gasteiger partial charge is 0.372 e. The second kappa shape index (κ2) is 7.65. The molecule has 1 aliphatic heterocycles. The molecular formula is C17H28N2O. The van der Waals surface area contributed by atoms with Crippen LogP contribution >= 0.6 is 0 Å². The topological polar surface area (TPSA) is 24.5 Å². The SMILES string of the molecule is CCCNCC1CCC(CN(C)c2ccc(C)cc2)O1. The van der Waals surface area contributed by atoms with Crippen molar-refractivity contribution in [1.82, 2.24) is 5.32 Å². The van der Waals surface area contributed by atoms with Crippen LogP contribution in [0.25, 0.3) is 0 Å². The lowest BCUT2D eigenvalue weighted by atomic mass is 10.1. The van der Waals surface area contributed by atoms with Crippen LogP contribution in [0.5, 0.6) is 0 Å². The minimum Gasteiger partial charge on any atom is -0.372 e. The van der Waals surface area contributed by atoms with Gasteiger partial charge in [-0.25, -0.2) is 0 Å². The van der Waals surface area contributed by atoms with E-state index in [1.54, 1.807) is 0 Å². The van der Waals surface area contributed by atoms with Crippen molar-refractivity contribution in [2.45, 2.75) is 45.3 Å². The van der Waals surface area contributed by atoms with Gasteiger partial charge in [0.25, 0.3) is 0 Å². The van der Waals surface area contributed by atoms with Gasteiger partial charge in [-0.3, -0.25) is 0 Å². The number of aryl methyl sites for hydroxylation is 1. The first-order valence-corrected chi connectivity index (χ1v) is 7.83. The zero-order valence-corrected chi connectivity index (χ0v) is 13.1. The molecule has 1 N–H and O–H groups in total. The summed E-state index contributed by atoms with van der Waals surface area (Å²) in [4.78, 5) is 2.30. The van der Waals surface area contributed by atoms with Crippen LogP contribution in [-0.2, 0) is 4.74 Å². The van der Waals surface area contributed by atoms with E-state index in [1.807, 2.05) is 0 Å². The van der Waals surface area contributed by atoms with Gasteiger partial charge in [-0.1, -0.05) is 24.6 Å². The van der Waals surface area contributed by atoms with Crippen LogP contribution in [0.1, 0.15) is 31.7 Å². The highest BCUT2D eigenvalue weighted by Crippen LogP contribution is 2.22. The quantitative estimate of drug-likeness (QED) is 0.775. The average molecular weight is 276 g/mol. The highest BCUT2D eigenvalue weighted by molar-refractivity contribution is 5.46. The minimum atomic E-state index is 0.370. The first-order valence-electron chi connectivity index (χ1n) is 7.83. The van der Waals surface area contributed by atoms with Crippen molar-refractivity contribution in [2.24, 2.45) is 0 Å². The molecule has 0 amide bonds. The molecule has 0 spiro atoms. The van der Waals surface area contributed by atoms with E-state index in [9.17, 15) is 0 Å². The molecule has 1 aromatic rings. The number of nitrogens with one attached hydrogen (secondary N) is 1. The van der Waals surface area contributed by atoms with Gasteiger partial charge in [-0.05, 0) is 44.9 Å². The van der Waals surface area contributed by atoms with Crippen molar-refractivity contribution in [2.75, 3.05) is 31.6 Å². The molecule has 0 aromatic heterocycles. The van der Waals surface area contributed by atoms with Crippen LogP contribution in [0.2, 0.25) is 0 Å². The maximum absolute atomic E-state index is 6.12. The molecule has 1 aliphatic rings. The third kappa shape index (κ3) is 4.50. The molecule has 2 rings (SSSR count). The molecule has 0 radical (unpaired) electrons. The summed E-state index contributed by atoms with van der Waals surface area (Å²) < 4.78 is 6.12. The highest BCUT2D eigenvalue weighted by atomic mass is 16.5. The second-order valence-electron chi connectivity index (χ2n) is 5.88. The van der Waals surface area contributed by atoms with E-state index in [0.717, 1.165) is 19.6 Å². The number of ether oxygens (including phenoxy) is 1. The lowest BCUT2D eigenvalue weighted by Crippen LogP contribution is -2.32. The van der Waals surface area contributed by atoms with Crippen molar-refractivity contribution >= 4 is 5.69 Å². The molecule has 1 heterocycles. The summed E-state index contributed by atoms with van der Waals surface area (Å²) in [6.07, 6.45) is 4.32. The number of hydrogen-bond donors (Lipinski definition) is 1. The molecule has 3 heteroatoms. The lowest BCUT2D eigenvalue weighted by Gasteiger charge is -2.23. The Morgan fingerprint density at radius 2 is 1.90 bits per heavy atom. The predicted molar refractivity (Wildman–Crippen MR) is 85.5 cm³/mol. The molecule has 0 bridgehead atoms. The zero-order valence-electron chi connectivity index (χ0n) is 13.1. The molecule has 0 aliphatic carbocycles. The Morgan fingerprint density at radius 3 is 2.60 bits per heavy atom. The van der Waals surface area contributed by atoms with E-state index in [-0.39, 0.29) is 0 Å². The first kappa shape index (κ1) is 15.3. The van der Waals surface area contributed by atoms with Crippen LogP contribution in [-0.4, -0.2) is 38.9 Å². The average Bonchev–Trinajstić information content (AvgIpc) is 2.87. The smallest absolute Gasteiger partial charge is 0.0755 e. The molecule has 0 saturated carbocycles. The summed E-state index contributed by atoms with van der Waals surface area (Å²) in [7, 11) is 2.15. The Bertz CT molecular complexity index is 390. The van der Waals surface area contributed by atoms with Crippen molar-refractivity contribution in [3.8, 4) is 0 Å². The van der Waals surface area contributed by atoms with Gasteiger partial charge in [0.05, 0.1) is 12.2 Å². The Morgan fingerprint density at radius 1 is 1.20 bits per heavy atom. The number of nitrogens with zero attached hydrogens (tertiary/aromatic N) is 1. The van der Waals surface area contributed by atoms with Gasteiger partial charge in [0.2, 0.25) is 0 Å². The minimum absolute atomic E-state index is 0.370. The van der Waals surface area contributed by atoms with E-state index >= 15 is 0 Å². The fraction of sp³-hybridized carbons (Fsp3) is 0.647. The Labute approximate surface area is 123 Å². The summed E-state index contributed by atoms with van der Waals surface area (Å²) in [5.41, 5.74) is 2.58. The molecule has 2 unspecified atom stereocenters. The van der Waals surface area contributed by atoms with Crippen LogP contribution < -0.4 is 10.2 Å². The fourth-order valence-electron chi connectivity index (χ4n) is 2.71. The Hall–Kier alpha value is -1.06. The number of hydrogen-bond acceptors (Lipinski definition) is 3. The van der Waals surface area contributed by atoms with Crippen LogP contribution in [0.4, 0.5) is 5.69 Å². The second-order valence-corrected chi connectivity index (χ2v) is 5.88. The van der Waals surface area contributed by atoms with Gasteiger partial charge < -0.3 is 15.0 Å². The van der Waals surface area contributed by atoms with Gasteiger partial charge in [0, 0.05) is 25.8 Å². The molecule has 2 atom stereocenters. The molecule has 3 nitrogen and oxygen atoms in total. The summed E-state index contributed by atoms with van der Waals surface area (Å²) in [5.74, 6) is 0. The normalized spacial score (nSPS) is 22.1. The molecule has 1 fully saturated rings. The van der Waals surface area contributed by atoms with Crippen molar-refractivity contribution in [3.63, 3.8) is 0 Å². The van der Waals surface area contributed by atoms with E-state index in [4.69, 9.17) is 4.74 Å². The predicted octanol–water partition coefficient (Wildman–Crippen LogP) is 2.98. The van der Waals surface area contributed by atoms with E-state index in [1.165, 1.54) is 30.5 Å². The fourth-order valence-corrected chi connectivity index (χ4v) is 2.71. The van der Waals surface area contributed by atoms with E-state index in [2.05, 4.69) is 55.4 Å². The first-order chi connectivity index (χ1) is 9.69.